The number of aliphatic hydroxyl groups excluding tert-OH is 1. The summed E-state index contributed by atoms with van der Waals surface area (Å²) < 4.78 is 0. The summed E-state index contributed by atoms with van der Waals surface area (Å²) in [5, 5.41) is 20.2. The highest BCUT2D eigenvalue weighted by atomic mass is 16.3. The van der Waals surface area contributed by atoms with Crippen LogP contribution in [0.2, 0.25) is 0 Å². The summed E-state index contributed by atoms with van der Waals surface area (Å²) in [5.74, 6) is 0.202. The Morgan fingerprint density at radius 3 is 2.25 bits per heavy atom. The molecule has 2 N–H and O–H groups in total. The van der Waals surface area contributed by atoms with E-state index in [0.29, 0.717) is 0 Å². The Hall–Kier alpha value is -0.860. The summed E-state index contributed by atoms with van der Waals surface area (Å²) >= 11 is 0. The Morgan fingerprint density at radius 2 is 1.69 bits per heavy atom. The third-order valence-corrected chi connectivity index (χ3v) is 3.80. The molecule has 1 saturated carbocycles. The molecule has 1 atom stereocenters. The monoisotopic (exact) mass is 220 g/mol. The molecule has 0 aliphatic heterocycles. The zero-order valence-electron chi connectivity index (χ0n) is 9.60. The van der Waals surface area contributed by atoms with Gasteiger partial charge in [-0.3, -0.25) is 0 Å². The second-order valence-corrected chi connectivity index (χ2v) is 4.78. The predicted octanol–water partition coefficient (Wildman–Crippen LogP) is 2.45. The summed E-state index contributed by atoms with van der Waals surface area (Å²) in [6.07, 6.45) is 5.63. The van der Waals surface area contributed by atoms with Crippen LogP contribution in [0.3, 0.4) is 0 Å². The molecule has 0 radical (unpaired) electrons. The average Bonchev–Trinajstić information content (AvgIpc) is 2.40. The van der Waals surface area contributed by atoms with Gasteiger partial charge in [0.2, 0.25) is 0 Å². The van der Waals surface area contributed by atoms with Gasteiger partial charge in [0.05, 0.1) is 6.61 Å². The summed E-state index contributed by atoms with van der Waals surface area (Å²) in [5.41, 5.74) is -0.189. The van der Waals surface area contributed by atoms with Crippen molar-refractivity contribution in [2.75, 3.05) is 6.61 Å². The van der Waals surface area contributed by atoms with Crippen molar-refractivity contribution in [3.8, 4) is 0 Å². The largest absolute Gasteiger partial charge is 0.393 e. The topological polar surface area (TPSA) is 40.5 Å². The second-order valence-electron chi connectivity index (χ2n) is 4.78. The SMILES string of the molecule is OCC(O)(c1ccccc1)C1CCCCC1. The first kappa shape index (κ1) is 11.6. The highest BCUT2D eigenvalue weighted by Crippen LogP contribution is 2.38. The minimum Gasteiger partial charge on any atom is -0.393 e. The molecule has 1 fully saturated rings. The van der Waals surface area contributed by atoms with E-state index in [9.17, 15) is 10.2 Å². The van der Waals surface area contributed by atoms with Gasteiger partial charge < -0.3 is 10.2 Å². The van der Waals surface area contributed by atoms with E-state index >= 15 is 0 Å². The van der Waals surface area contributed by atoms with Gasteiger partial charge in [0.15, 0.2) is 0 Å². The second kappa shape index (κ2) is 4.98. The van der Waals surface area contributed by atoms with Crippen LogP contribution in [0.4, 0.5) is 0 Å². The first-order chi connectivity index (χ1) is 7.77. The Kier molecular flexibility index (Phi) is 3.62. The maximum Gasteiger partial charge on any atom is 0.115 e. The predicted molar refractivity (Wildman–Crippen MR) is 64.0 cm³/mol. The molecule has 16 heavy (non-hydrogen) atoms. The molecule has 2 nitrogen and oxygen atoms in total. The number of aliphatic hydroxyl groups is 2. The molecule has 88 valence electrons. The van der Waals surface area contributed by atoms with Crippen LogP contribution in [0.5, 0.6) is 0 Å². The molecule has 1 aromatic carbocycles. The van der Waals surface area contributed by atoms with Crippen LogP contribution < -0.4 is 0 Å². The summed E-state index contributed by atoms with van der Waals surface area (Å²) in [6, 6.07) is 9.58. The van der Waals surface area contributed by atoms with Crippen LogP contribution >= 0.6 is 0 Å². The van der Waals surface area contributed by atoms with Gasteiger partial charge in [0.1, 0.15) is 5.60 Å². The third kappa shape index (κ3) is 2.13. The Morgan fingerprint density at radius 1 is 1.06 bits per heavy atom. The number of benzene rings is 1. The molecule has 0 bridgehead atoms. The van der Waals surface area contributed by atoms with Crippen LogP contribution in [0.25, 0.3) is 0 Å². The lowest BCUT2D eigenvalue weighted by atomic mass is 9.74. The van der Waals surface area contributed by atoms with Crippen molar-refractivity contribution in [2.45, 2.75) is 37.7 Å². The maximum atomic E-state index is 10.7. The summed E-state index contributed by atoms with van der Waals surface area (Å²) in [4.78, 5) is 0. The zero-order chi connectivity index (χ0) is 11.4. The van der Waals surface area contributed by atoms with Crippen molar-refractivity contribution in [3.05, 3.63) is 35.9 Å². The van der Waals surface area contributed by atoms with Gasteiger partial charge >= 0.3 is 0 Å². The van der Waals surface area contributed by atoms with E-state index in [4.69, 9.17) is 0 Å². The quantitative estimate of drug-likeness (QED) is 0.821. The molecule has 1 unspecified atom stereocenters. The van der Waals surface area contributed by atoms with Crippen LogP contribution in [-0.4, -0.2) is 16.8 Å². The first-order valence-electron chi connectivity index (χ1n) is 6.16. The maximum absolute atomic E-state index is 10.7. The molecule has 0 heterocycles. The molecule has 0 saturated heterocycles. The minimum atomic E-state index is -1.04. The standard InChI is InChI=1S/C14H20O2/c15-11-14(16,12-7-3-1-4-8-12)13-9-5-2-6-10-13/h1,3-4,7-8,13,15-16H,2,5-6,9-11H2. The van der Waals surface area contributed by atoms with Crippen molar-refractivity contribution < 1.29 is 10.2 Å². The van der Waals surface area contributed by atoms with Crippen molar-refractivity contribution >= 4 is 0 Å². The minimum absolute atomic E-state index is 0.179. The van der Waals surface area contributed by atoms with E-state index in [0.717, 1.165) is 18.4 Å². The number of hydrogen-bond acceptors (Lipinski definition) is 2. The van der Waals surface area contributed by atoms with E-state index in [1.807, 2.05) is 30.3 Å². The molecule has 0 aromatic heterocycles. The highest BCUT2D eigenvalue weighted by molar-refractivity contribution is 5.23. The summed E-state index contributed by atoms with van der Waals surface area (Å²) in [7, 11) is 0. The van der Waals surface area contributed by atoms with Crippen LogP contribution in [-0.2, 0) is 5.60 Å². The third-order valence-electron chi connectivity index (χ3n) is 3.80. The number of rotatable bonds is 3. The van der Waals surface area contributed by atoms with Crippen LogP contribution in [0.1, 0.15) is 37.7 Å². The fraction of sp³-hybridized carbons (Fsp3) is 0.571. The van der Waals surface area contributed by atoms with Gasteiger partial charge in [0.25, 0.3) is 0 Å². The van der Waals surface area contributed by atoms with Crippen molar-refractivity contribution in [3.63, 3.8) is 0 Å². The summed E-state index contributed by atoms with van der Waals surface area (Å²) in [6.45, 7) is -0.179. The number of hydrogen-bond donors (Lipinski definition) is 2. The van der Waals surface area contributed by atoms with E-state index in [-0.39, 0.29) is 12.5 Å². The Balaban J connectivity index is 2.24. The molecule has 0 amide bonds. The molecule has 2 rings (SSSR count). The fourth-order valence-corrected chi connectivity index (χ4v) is 2.76. The Labute approximate surface area is 96.9 Å². The van der Waals surface area contributed by atoms with Gasteiger partial charge in [-0.15, -0.1) is 0 Å². The first-order valence-corrected chi connectivity index (χ1v) is 6.16. The van der Waals surface area contributed by atoms with Gasteiger partial charge in [-0.25, -0.2) is 0 Å². The van der Waals surface area contributed by atoms with Gasteiger partial charge in [0, 0.05) is 0 Å². The van der Waals surface area contributed by atoms with Gasteiger partial charge in [-0.1, -0.05) is 49.6 Å². The highest BCUT2D eigenvalue weighted by Gasteiger charge is 2.38. The van der Waals surface area contributed by atoms with Crippen LogP contribution in [0, 0.1) is 5.92 Å². The molecular formula is C14H20O2. The molecular weight excluding hydrogens is 200 g/mol. The normalized spacial score (nSPS) is 21.6. The molecule has 0 spiro atoms. The lowest BCUT2D eigenvalue weighted by Crippen LogP contribution is -2.39. The fourth-order valence-electron chi connectivity index (χ4n) is 2.76. The van der Waals surface area contributed by atoms with Crippen LogP contribution in [0.15, 0.2) is 30.3 Å². The molecule has 1 aliphatic rings. The molecule has 1 aliphatic carbocycles. The zero-order valence-corrected chi connectivity index (χ0v) is 9.60. The van der Waals surface area contributed by atoms with E-state index < -0.39 is 5.60 Å². The van der Waals surface area contributed by atoms with Crippen molar-refractivity contribution in [1.82, 2.24) is 0 Å². The molecule has 1 aromatic rings. The van der Waals surface area contributed by atoms with Gasteiger partial charge in [-0.2, -0.15) is 0 Å². The Bertz CT molecular complexity index is 317. The molecule has 2 heteroatoms. The van der Waals surface area contributed by atoms with Gasteiger partial charge in [-0.05, 0) is 24.3 Å². The van der Waals surface area contributed by atoms with Crippen molar-refractivity contribution in [1.29, 1.82) is 0 Å². The lowest BCUT2D eigenvalue weighted by Gasteiger charge is -2.37. The van der Waals surface area contributed by atoms with E-state index in [1.165, 1.54) is 19.3 Å². The van der Waals surface area contributed by atoms with Crippen molar-refractivity contribution in [2.24, 2.45) is 5.92 Å². The smallest absolute Gasteiger partial charge is 0.115 e. The lowest BCUT2D eigenvalue weighted by molar-refractivity contribution is -0.0788. The van der Waals surface area contributed by atoms with E-state index in [2.05, 4.69) is 0 Å². The van der Waals surface area contributed by atoms with E-state index in [1.54, 1.807) is 0 Å². The average molecular weight is 220 g/mol.